The first kappa shape index (κ1) is 19.5. The van der Waals surface area contributed by atoms with Gasteiger partial charge in [0.2, 0.25) is 0 Å². The quantitative estimate of drug-likeness (QED) is 0.458. The summed E-state index contributed by atoms with van der Waals surface area (Å²) in [6.45, 7) is 4.09. The number of anilines is 1. The molecule has 6 nitrogen and oxygen atoms in total. The minimum Gasteiger partial charge on any atom is -0.496 e. The van der Waals surface area contributed by atoms with Crippen LogP contribution in [0.15, 0.2) is 35.4 Å². The molecule has 0 spiro atoms. The minimum absolute atomic E-state index is 0.398. The van der Waals surface area contributed by atoms with Crippen molar-refractivity contribution in [2.24, 2.45) is 5.10 Å². The first-order valence-corrected chi connectivity index (χ1v) is 8.37. The fourth-order valence-corrected chi connectivity index (χ4v) is 2.51. The monoisotopic (exact) mass is 373 g/mol. The summed E-state index contributed by atoms with van der Waals surface area (Å²) in [6, 6.07) is 9.53. The van der Waals surface area contributed by atoms with Crippen molar-refractivity contribution in [2.75, 3.05) is 26.6 Å². The van der Waals surface area contributed by atoms with Crippen molar-refractivity contribution in [3.05, 3.63) is 47.0 Å². The molecule has 0 radical (unpaired) electrons. The predicted octanol–water partition coefficient (Wildman–Crippen LogP) is 3.65. The van der Waals surface area contributed by atoms with Crippen LogP contribution in [0.2, 0.25) is 0 Å². The van der Waals surface area contributed by atoms with Gasteiger partial charge < -0.3 is 19.5 Å². The second kappa shape index (κ2) is 9.05. The maximum atomic E-state index is 5.37. The molecule has 0 saturated carbocycles. The van der Waals surface area contributed by atoms with Crippen molar-refractivity contribution in [1.29, 1.82) is 0 Å². The number of nitrogens with zero attached hydrogens (tertiary/aromatic N) is 1. The van der Waals surface area contributed by atoms with Crippen LogP contribution >= 0.6 is 12.2 Å². The van der Waals surface area contributed by atoms with Gasteiger partial charge in [0.15, 0.2) is 16.6 Å². The van der Waals surface area contributed by atoms with Gasteiger partial charge in [0.05, 0.1) is 27.5 Å². The molecule has 2 rings (SSSR count). The first-order chi connectivity index (χ1) is 12.5. The van der Waals surface area contributed by atoms with Crippen molar-refractivity contribution in [3.8, 4) is 17.2 Å². The lowest BCUT2D eigenvalue weighted by Crippen LogP contribution is -2.24. The number of hydrazone groups is 1. The van der Waals surface area contributed by atoms with Gasteiger partial charge in [-0.05, 0) is 49.3 Å². The Bertz CT molecular complexity index is 822. The van der Waals surface area contributed by atoms with Crippen molar-refractivity contribution in [3.63, 3.8) is 0 Å². The van der Waals surface area contributed by atoms with Gasteiger partial charge in [-0.1, -0.05) is 12.1 Å². The van der Waals surface area contributed by atoms with Crippen LogP contribution < -0.4 is 25.0 Å². The van der Waals surface area contributed by atoms with Crippen LogP contribution in [-0.2, 0) is 0 Å². The highest BCUT2D eigenvalue weighted by atomic mass is 32.1. The third-order valence-corrected chi connectivity index (χ3v) is 4.15. The molecular formula is C19H23N3O3S. The fraction of sp³-hybridized carbons (Fsp3) is 0.263. The normalized spacial score (nSPS) is 10.5. The van der Waals surface area contributed by atoms with E-state index in [1.165, 1.54) is 5.56 Å². The Morgan fingerprint density at radius 1 is 1.00 bits per heavy atom. The summed E-state index contributed by atoms with van der Waals surface area (Å²) in [5.41, 5.74) is 6.81. The van der Waals surface area contributed by atoms with Crippen LogP contribution in [0.4, 0.5) is 5.69 Å². The zero-order valence-corrected chi connectivity index (χ0v) is 16.4. The number of aryl methyl sites for hydroxylation is 1. The Kier molecular flexibility index (Phi) is 6.80. The summed E-state index contributed by atoms with van der Waals surface area (Å²) in [5, 5.41) is 7.71. The summed E-state index contributed by atoms with van der Waals surface area (Å²) >= 11 is 5.29. The van der Waals surface area contributed by atoms with E-state index in [0.29, 0.717) is 22.4 Å². The summed E-state index contributed by atoms with van der Waals surface area (Å²) < 4.78 is 15.9. The Labute approximate surface area is 159 Å². The van der Waals surface area contributed by atoms with Gasteiger partial charge in [-0.3, -0.25) is 5.43 Å². The van der Waals surface area contributed by atoms with Crippen molar-refractivity contribution in [2.45, 2.75) is 13.8 Å². The van der Waals surface area contributed by atoms with Crippen LogP contribution in [-0.4, -0.2) is 32.7 Å². The highest BCUT2D eigenvalue weighted by Crippen LogP contribution is 2.33. The van der Waals surface area contributed by atoms with E-state index in [2.05, 4.69) is 28.8 Å². The molecule has 2 N–H and O–H groups in total. The number of benzene rings is 2. The number of rotatable bonds is 6. The lowest BCUT2D eigenvalue weighted by Gasteiger charge is -2.12. The van der Waals surface area contributed by atoms with E-state index in [4.69, 9.17) is 26.4 Å². The SMILES string of the molecule is COc1cc(OC)c(OC)cc1/C=N/NC(=S)Nc1cccc(C)c1C. The Morgan fingerprint density at radius 2 is 1.65 bits per heavy atom. The third kappa shape index (κ3) is 4.64. The number of nitrogens with one attached hydrogen (secondary N) is 2. The molecule has 0 unspecified atom stereocenters. The van der Waals surface area contributed by atoms with E-state index in [0.717, 1.165) is 16.8 Å². The molecule has 0 aromatic heterocycles. The topological polar surface area (TPSA) is 64.1 Å². The van der Waals surface area contributed by atoms with E-state index in [1.807, 2.05) is 19.1 Å². The summed E-state index contributed by atoms with van der Waals surface area (Å²) in [4.78, 5) is 0. The standard InChI is InChI=1S/C19H23N3O3S/c1-12-7-6-8-15(13(12)2)21-19(26)22-20-11-14-9-17(24-4)18(25-5)10-16(14)23-3/h6-11H,1-5H3,(H2,21,22,26)/b20-11+. The van der Waals surface area contributed by atoms with Gasteiger partial charge in [0.1, 0.15) is 5.75 Å². The second-order valence-corrected chi connectivity index (χ2v) is 5.93. The zero-order valence-electron chi connectivity index (χ0n) is 15.5. The molecule has 2 aromatic rings. The first-order valence-electron chi connectivity index (χ1n) is 7.96. The van der Waals surface area contributed by atoms with Crippen molar-refractivity contribution < 1.29 is 14.2 Å². The highest BCUT2D eigenvalue weighted by Gasteiger charge is 2.10. The Hall–Kier alpha value is -2.80. The largest absolute Gasteiger partial charge is 0.496 e. The molecule has 0 heterocycles. The molecule has 0 atom stereocenters. The van der Waals surface area contributed by atoms with Crippen LogP contribution in [0.3, 0.4) is 0 Å². The summed E-state index contributed by atoms with van der Waals surface area (Å²) in [7, 11) is 4.73. The van der Waals surface area contributed by atoms with Gasteiger partial charge >= 0.3 is 0 Å². The number of hydrogen-bond donors (Lipinski definition) is 2. The smallest absolute Gasteiger partial charge is 0.191 e. The van der Waals surface area contributed by atoms with E-state index in [1.54, 1.807) is 39.7 Å². The van der Waals surface area contributed by atoms with E-state index in [-0.39, 0.29) is 0 Å². The number of methoxy groups -OCH3 is 3. The van der Waals surface area contributed by atoms with Gasteiger partial charge in [-0.25, -0.2) is 0 Å². The second-order valence-electron chi connectivity index (χ2n) is 5.52. The van der Waals surface area contributed by atoms with E-state index < -0.39 is 0 Å². The van der Waals surface area contributed by atoms with Crippen LogP contribution in [0, 0.1) is 13.8 Å². The van der Waals surface area contributed by atoms with Crippen molar-refractivity contribution in [1.82, 2.24) is 5.43 Å². The lowest BCUT2D eigenvalue weighted by atomic mass is 10.1. The molecule has 0 fully saturated rings. The highest BCUT2D eigenvalue weighted by molar-refractivity contribution is 7.80. The minimum atomic E-state index is 0.398. The molecule has 138 valence electrons. The zero-order chi connectivity index (χ0) is 19.1. The maximum Gasteiger partial charge on any atom is 0.191 e. The molecule has 0 bridgehead atoms. The van der Waals surface area contributed by atoms with Gasteiger partial charge in [0.25, 0.3) is 0 Å². The third-order valence-electron chi connectivity index (χ3n) is 3.96. The molecule has 0 aliphatic rings. The molecular weight excluding hydrogens is 350 g/mol. The molecule has 26 heavy (non-hydrogen) atoms. The summed E-state index contributed by atoms with van der Waals surface area (Å²) in [6.07, 6.45) is 1.61. The number of ether oxygens (including phenoxy) is 3. The van der Waals surface area contributed by atoms with Crippen LogP contribution in [0.5, 0.6) is 17.2 Å². The number of hydrogen-bond acceptors (Lipinski definition) is 5. The predicted molar refractivity (Wildman–Crippen MR) is 109 cm³/mol. The average molecular weight is 373 g/mol. The van der Waals surface area contributed by atoms with Gasteiger partial charge in [-0.15, -0.1) is 0 Å². The maximum absolute atomic E-state index is 5.37. The molecule has 2 aromatic carbocycles. The molecule has 0 amide bonds. The van der Waals surface area contributed by atoms with Crippen LogP contribution in [0.25, 0.3) is 0 Å². The average Bonchev–Trinajstić information content (AvgIpc) is 2.64. The Balaban J connectivity index is 2.10. The Morgan fingerprint density at radius 3 is 2.31 bits per heavy atom. The molecule has 0 aliphatic heterocycles. The van der Waals surface area contributed by atoms with Gasteiger partial charge in [-0.2, -0.15) is 5.10 Å². The lowest BCUT2D eigenvalue weighted by molar-refractivity contribution is 0.349. The van der Waals surface area contributed by atoms with E-state index in [9.17, 15) is 0 Å². The molecule has 0 aliphatic carbocycles. The molecule has 0 saturated heterocycles. The molecule has 7 heteroatoms. The number of thiocarbonyl (C=S) groups is 1. The summed E-state index contributed by atoms with van der Waals surface area (Å²) in [5.74, 6) is 1.79. The van der Waals surface area contributed by atoms with Crippen molar-refractivity contribution >= 4 is 29.2 Å². The fourth-order valence-electron chi connectivity index (χ4n) is 2.35. The van der Waals surface area contributed by atoms with Gasteiger partial charge in [0, 0.05) is 17.3 Å². The van der Waals surface area contributed by atoms with Crippen LogP contribution in [0.1, 0.15) is 16.7 Å². The van der Waals surface area contributed by atoms with E-state index >= 15 is 0 Å².